The predicted molar refractivity (Wildman–Crippen MR) is 77.9 cm³/mol. The van der Waals surface area contributed by atoms with E-state index in [2.05, 4.69) is 31.3 Å². The van der Waals surface area contributed by atoms with Crippen LogP contribution in [0.15, 0.2) is 22.7 Å². The van der Waals surface area contributed by atoms with E-state index in [1.807, 2.05) is 6.07 Å². The molecule has 0 aliphatic heterocycles. The number of ether oxygens (including phenoxy) is 2. The second-order valence-corrected chi connectivity index (χ2v) is 5.23. The van der Waals surface area contributed by atoms with Crippen LogP contribution in [0, 0.1) is 0 Å². The molecule has 0 bridgehead atoms. The maximum atomic E-state index is 11.3. The van der Waals surface area contributed by atoms with E-state index in [0.717, 1.165) is 9.27 Å². The maximum absolute atomic E-state index is 11.3. The number of rotatable bonds is 6. The number of nitrogens with zero attached hydrogens (tertiary/aromatic N) is 4. The Balaban J connectivity index is 1.92. The van der Waals surface area contributed by atoms with Crippen molar-refractivity contribution in [2.75, 3.05) is 6.61 Å². The summed E-state index contributed by atoms with van der Waals surface area (Å²) in [6.07, 6.45) is 0. The third-order valence-electron chi connectivity index (χ3n) is 2.32. The van der Waals surface area contributed by atoms with E-state index >= 15 is 0 Å². The van der Waals surface area contributed by atoms with Gasteiger partial charge in [-0.1, -0.05) is 27.5 Å². The van der Waals surface area contributed by atoms with Gasteiger partial charge in [0.15, 0.2) is 13.2 Å². The summed E-state index contributed by atoms with van der Waals surface area (Å²) in [5.74, 6) is 0.443. The topological polar surface area (TPSA) is 79.1 Å². The summed E-state index contributed by atoms with van der Waals surface area (Å²) in [6, 6.07) is 5.27. The van der Waals surface area contributed by atoms with Gasteiger partial charge in [0, 0.05) is 4.47 Å². The first-order chi connectivity index (χ1) is 10.1. The summed E-state index contributed by atoms with van der Waals surface area (Å²) in [6.45, 7) is 2.06. The van der Waals surface area contributed by atoms with E-state index in [1.165, 1.54) is 0 Å². The van der Waals surface area contributed by atoms with Crippen molar-refractivity contribution in [2.45, 2.75) is 20.1 Å². The molecule has 21 heavy (non-hydrogen) atoms. The molecule has 1 heterocycles. The van der Waals surface area contributed by atoms with Crippen LogP contribution in [0.3, 0.4) is 0 Å². The molecular formula is C12H12BrClN4O3. The lowest BCUT2D eigenvalue weighted by atomic mass is 10.3. The van der Waals surface area contributed by atoms with Gasteiger partial charge in [-0.3, -0.25) is 0 Å². The van der Waals surface area contributed by atoms with E-state index in [1.54, 1.807) is 19.1 Å². The van der Waals surface area contributed by atoms with Crippen molar-refractivity contribution in [3.63, 3.8) is 0 Å². The second-order valence-electron chi connectivity index (χ2n) is 3.90. The monoisotopic (exact) mass is 374 g/mol. The van der Waals surface area contributed by atoms with Gasteiger partial charge in [-0.2, -0.15) is 4.80 Å². The smallest absolute Gasteiger partial charge is 0.329 e. The molecule has 0 saturated carbocycles. The van der Waals surface area contributed by atoms with Crippen LogP contribution >= 0.6 is 27.5 Å². The fourth-order valence-corrected chi connectivity index (χ4v) is 2.19. The normalized spacial score (nSPS) is 10.4. The molecule has 0 aliphatic carbocycles. The fraction of sp³-hybridized carbons (Fsp3) is 0.333. The van der Waals surface area contributed by atoms with Crippen LogP contribution in [0.2, 0.25) is 5.02 Å². The SMILES string of the molecule is CCOC(=O)Cn1nnc(COc2ccc(Br)cc2Cl)n1. The molecular weight excluding hydrogens is 364 g/mol. The maximum Gasteiger partial charge on any atom is 0.329 e. The molecule has 0 fully saturated rings. The summed E-state index contributed by atoms with van der Waals surface area (Å²) in [7, 11) is 0. The Morgan fingerprint density at radius 2 is 2.29 bits per heavy atom. The van der Waals surface area contributed by atoms with Crippen molar-refractivity contribution in [1.29, 1.82) is 0 Å². The van der Waals surface area contributed by atoms with Gasteiger partial charge >= 0.3 is 5.97 Å². The number of carbonyl (C=O) groups excluding carboxylic acids is 1. The molecule has 2 aromatic rings. The minimum Gasteiger partial charge on any atom is -0.484 e. The zero-order valence-electron chi connectivity index (χ0n) is 11.1. The Labute approximate surface area is 134 Å². The molecule has 0 N–H and O–H groups in total. The molecule has 0 spiro atoms. The molecule has 0 aliphatic rings. The summed E-state index contributed by atoms with van der Waals surface area (Å²) in [4.78, 5) is 12.4. The lowest BCUT2D eigenvalue weighted by Crippen LogP contribution is -2.15. The average Bonchev–Trinajstić information content (AvgIpc) is 2.85. The first-order valence-electron chi connectivity index (χ1n) is 6.08. The number of halogens is 2. The molecule has 0 atom stereocenters. The third kappa shape index (κ3) is 4.68. The first-order valence-corrected chi connectivity index (χ1v) is 7.25. The van der Waals surface area contributed by atoms with Crippen LogP contribution in [0.4, 0.5) is 0 Å². The molecule has 0 unspecified atom stereocenters. The van der Waals surface area contributed by atoms with Crippen LogP contribution in [-0.2, 0) is 22.7 Å². The summed E-state index contributed by atoms with van der Waals surface area (Å²) in [5, 5.41) is 12.0. The van der Waals surface area contributed by atoms with Gasteiger partial charge in [-0.05, 0) is 30.3 Å². The van der Waals surface area contributed by atoms with Gasteiger partial charge in [0.25, 0.3) is 0 Å². The van der Waals surface area contributed by atoms with Gasteiger partial charge in [0.05, 0.1) is 11.6 Å². The molecule has 7 nitrogen and oxygen atoms in total. The quantitative estimate of drug-likeness (QED) is 0.720. The number of hydrogen-bond donors (Lipinski definition) is 0. The van der Waals surface area contributed by atoms with Crippen molar-refractivity contribution >= 4 is 33.5 Å². The van der Waals surface area contributed by atoms with Crippen LogP contribution in [0.5, 0.6) is 5.75 Å². The minimum atomic E-state index is -0.418. The molecule has 2 rings (SSSR count). The standard InChI is InChI=1S/C12H12BrClN4O3/c1-2-20-12(19)6-18-16-11(15-17-18)7-21-10-4-3-8(13)5-9(10)14/h3-5H,2,6-7H2,1H3. The minimum absolute atomic E-state index is 0.0835. The van der Waals surface area contributed by atoms with Gasteiger partial charge in [0.1, 0.15) is 5.75 Å². The Bertz CT molecular complexity index is 635. The molecule has 112 valence electrons. The largest absolute Gasteiger partial charge is 0.484 e. The van der Waals surface area contributed by atoms with Crippen molar-refractivity contribution in [3.05, 3.63) is 33.5 Å². The number of tetrazole rings is 1. The second kappa shape index (κ2) is 7.37. The van der Waals surface area contributed by atoms with Crippen LogP contribution in [0.25, 0.3) is 0 Å². The zero-order valence-corrected chi connectivity index (χ0v) is 13.5. The number of hydrogen-bond acceptors (Lipinski definition) is 6. The van der Waals surface area contributed by atoms with Gasteiger partial charge in [0.2, 0.25) is 5.82 Å². The molecule has 0 saturated heterocycles. The highest BCUT2D eigenvalue weighted by Crippen LogP contribution is 2.28. The lowest BCUT2D eigenvalue weighted by Gasteiger charge is -2.05. The summed E-state index contributed by atoms with van der Waals surface area (Å²) >= 11 is 9.34. The number of carbonyl (C=O) groups is 1. The zero-order chi connectivity index (χ0) is 15.2. The van der Waals surface area contributed by atoms with Crippen molar-refractivity contribution in [3.8, 4) is 5.75 Å². The number of benzene rings is 1. The highest BCUT2D eigenvalue weighted by molar-refractivity contribution is 9.10. The predicted octanol–water partition coefficient (Wildman–Crippen LogP) is 2.23. The highest BCUT2D eigenvalue weighted by Gasteiger charge is 2.09. The fourth-order valence-electron chi connectivity index (χ4n) is 1.46. The highest BCUT2D eigenvalue weighted by atomic mass is 79.9. The summed E-state index contributed by atoms with van der Waals surface area (Å²) in [5.41, 5.74) is 0. The summed E-state index contributed by atoms with van der Waals surface area (Å²) < 4.78 is 11.1. The molecule has 1 aromatic heterocycles. The average molecular weight is 376 g/mol. The molecule has 1 aromatic carbocycles. The van der Waals surface area contributed by atoms with Crippen LogP contribution < -0.4 is 4.74 Å². The van der Waals surface area contributed by atoms with E-state index in [9.17, 15) is 4.79 Å². The lowest BCUT2D eigenvalue weighted by molar-refractivity contribution is -0.144. The van der Waals surface area contributed by atoms with E-state index in [0.29, 0.717) is 23.2 Å². The molecule has 9 heteroatoms. The molecule has 0 radical (unpaired) electrons. The Hall–Kier alpha value is -1.67. The first kappa shape index (κ1) is 15.7. The van der Waals surface area contributed by atoms with E-state index in [-0.39, 0.29) is 13.2 Å². The van der Waals surface area contributed by atoms with Gasteiger partial charge in [-0.25, -0.2) is 4.79 Å². The van der Waals surface area contributed by atoms with Gasteiger partial charge < -0.3 is 9.47 Å². The van der Waals surface area contributed by atoms with Crippen LogP contribution in [0.1, 0.15) is 12.7 Å². The van der Waals surface area contributed by atoms with Crippen LogP contribution in [-0.4, -0.2) is 32.8 Å². The Morgan fingerprint density at radius 1 is 1.48 bits per heavy atom. The van der Waals surface area contributed by atoms with Crippen molar-refractivity contribution in [2.24, 2.45) is 0 Å². The van der Waals surface area contributed by atoms with E-state index < -0.39 is 5.97 Å². The molecule has 0 amide bonds. The number of esters is 1. The third-order valence-corrected chi connectivity index (χ3v) is 3.11. The Morgan fingerprint density at radius 3 is 3.00 bits per heavy atom. The number of aromatic nitrogens is 4. The van der Waals surface area contributed by atoms with Crippen molar-refractivity contribution in [1.82, 2.24) is 20.2 Å². The van der Waals surface area contributed by atoms with Crippen molar-refractivity contribution < 1.29 is 14.3 Å². The Kier molecular flexibility index (Phi) is 5.51. The van der Waals surface area contributed by atoms with E-state index in [4.69, 9.17) is 21.1 Å². The van der Waals surface area contributed by atoms with Gasteiger partial charge in [-0.15, -0.1) is 10.2 Å².